The predicted octanol–water partition coefficient (Wildman–Crippen LogP) is 5.10. The highest BCUT2D eigenvalue weighted by atomic mass is 35.5. The van der Waals surface area contributed by atoms with E-state index < -0.39 is 11.6 Å². The fourth-order valence-electron chi connectivity index (χ4n) is 3.27. The minimum absolute atomic E-state index is 0.111. The lowest BCUT2D eigenvalue weighted by Gasteiger charge is -2.14. The van der Waals surface area contributed by atoms with Crippen LogP contribution in [0.15, 0.2) is 48.5 Å². The monoisotopic (exact) mass is 496 g/mol. The molecule has 8 heteroatoms. The molecule has 0 spiro atoms. The van der Waals surface area contributed by atoms with Crippen molar-refractivity contribution in [3.8, 4) is 11.8 Å². The number of carbonyl (C=O) groups excluding carboxylic acids is 2. The molecule has 0 atom stereocenters. The molecule has 0 bridgehead atoms. The number of aryl methyl sites for hydroxylation is 1. The molecule has 0 radical (unpaired) electrons. The maximum atomic E-state index is 13.4. The van der Waals surface area contributed by atoms with Crippen LogP contribution < -0.4 is 0 Å². The number of ether oxygens (including phenoxy) is 2. The van der Waals surface area contributed by atoms with Crippen LogP contribution in [-0.2, 0) is 22.4 Å². The van der Waals surface area contributed by atoms with E-state index in [2.05, 4.69) is 16.8 Å². The van der Waals surface area contributed by atoms with Gasteiger partial charge in [-0.15, -0.1) is 0 Å². The Morgan fingerprint density at radius 1 is 1.06 bits per heavy atom. The summed E-state index contributed by atoms with van der Waals surface area (Å²) >= 11 is 6.42. The maximum absolute atomic E-state index is 13.4. The van der Waals surface area contributed by atoms with Crippen molar-refractivity contribution in [2.24, 2.45) is 0 Å². The molecule has 0 saturated carbocycles. The largest absolute Gasteiger partial charge is 0.465 e. The van der Waals surface area contributed by atoms with Crippen LogP contribution in [0.3, 0.4) is 0 Å². The van der Waals surface area contributed by atoms with Crippen LogP contribution in [-0.4, -0.2) is 41.1 Å². The molecule has 0 aliphatic heterocycles. The maximum Gasteiger partial charge on any atom is 0.337 e. The Labute approximate surface area is 209 Å². The molecule has 182 valence electrons. The molecular formula is C27H26ClFN2O4. The van der Waals surface area contributed by atoms with Crippen molar-refractivity contribution >= 4 is 23.4 Å². The van der Waals surface area contributed by atoms with Gasteiger partial charge in [-0.1, -0.05) is 30.2 Å². The van der Waals surface area contributed by atoms with Crippen LogP contribution in [0.5, 0.6) is 0 Å². The number of esters is 1. The third-order valence-corrected chi connectivity index (χ3v) is 5.74. The summed E-state index contributed by atoms with van der Waals surface area (Å²) in [5.74, 6) is 4.95. The first-order valence-corrected chi connectivity index (χ1v) is 11.3. The number of methoxy groups -OCH3 is 2. The standard InChI is InChI=1S/C27H26ClFN2O4/c1-27(2,35-4)16-15-22-24(31(26(28)30-22)17-19-7-12-21(29)13-8-19)23(32)14-9-18-5-10-20(11-6-18)25(33)34-3/h5-8,10-13H,9,14,17H2,1-4H3. The highest BCUT2D eigenvalue weighted by molar-refractivity contribution is 6.29. The summed E-state index contributed by atoms with van der Waals surface area (Å²) in [6.07, 6.45) is 0.613. The molecule has 0 saturated heterocycles. The summed E-state index contributed by atoms with van der Waals surface area (Å²) in [5, 5.41) is 0.111. The number of carbonyl (C=O) groups is 2. The van der Waals surface area contributed by atoms with E-state index in [1.54, 1.807) is 61.9 Å². The predicted molar refractivity (Wildman–Crippen MR) is 131 cm³/mol. The normalized spacial score (nSPS) is 11.0. The summed E-state index contributed by atoms with van der Waals surface area (Å²) in [4.78, 5) is 29.3. The van der Waals surface area contributed by atoms with Gasteiger partial charge in [-0.2, -0.15) is 0 Å². The summed E-state index contributed by atoms with van der Waals surface area (Å²) in [6.45, 7) is 3.84. The third kappa shape index (κ3) is 6.78. The Hall–Kier alpha value is -3.47. The number of ketones is 1. The Kier molecular flexibility index (Phi) is 8.44. The zero-order valence-electron chi connectivity index (χ0n) is 20.0. The van der Waals surface area contributed by atoms with Crippen molar-refractivity contribution in [2.75, 3.05) is 14.2 Å². The van der Waals surface area contributed by atoms with E-state index >= 15 is 0 Å². The summed E-state index contributed by atoms with van der Waals surface area (Å²) in [5.41, 5.74) is 1.88. The molecule has 3 rings (SSSR count). The van der Waals surface area contributed by atoms with E-state index in [9.17, 15) is 14.0 Å². The van der Waals surface area contributed by atoms with E-state index in [0.29, 0.717) is 12.0 Å². The molecule has 2 aromatic carbocycles. The van der Waals surface area contributed by atoms with Crippen LogP contribution in [0.2, 0.25) is 5.28 Å². The number of rotatable bonds is 8. The molecule has 0 aliphatic carbocycles. The van der Waals surface area contributed by atoms with Crippen molar-refractivity contribution in [1.29, 1.82) is 0 Å². The number of nitrogens with zero attached hydrogens (tertiary/aromatic N) is 2. The first kappa shape index (κ1) is 26.1. The number of benzene rings is 2. The van der Waals surface area contributed by atoms with Gasteiger partial charge in [0.05, 0.1) is 19.2 Å². The minimum atomic E-state index is -0.741. The molecule has 0 aliphatic rings. The van der Waals surface area contributed by atoms with Gasteiger partial charge in [0.25, 0.3) is 0 Å². The van der Waals surface area contributed by atoms with Crippen molar-refractivity contribution in [1.82, 2.24) is 9.55 Å². The van der Waals surface area contributed by atoms with Crippen LogP contribution in [0.4, 0.5) is 4.39 Å². The van der Waals surface area contributed by atoms with Crippen molar-refractivity contribution < 1.29 is 23.5 Å². The lowest BCUT2D eigenvalue weighted by atomic mass is 10.0. The average molecular weight is 497 g/mol. The fraction of sp³-hybridized carbons (Fsp3) is 0.296. The Morgan fingerprint density at radius 3 is 2.29 bits per heavy atom. The summed E-state index contributed by atoms with van der Waals surface area (Å²) in [6, 6.07) is 12.8. The minimum Gasteiger partial charge on any atom is -0.465 e. The smallest absolute Gasteiger partial charge is 0.337 e. The molecule has 0 fully saturated rings. The number of Topliss-reactive ketones (excluding diaryl/α,β-unsaturated/α-hetero) is 1. The highest BCUT2D eigenvalue weighted by Crippen LogP contribution is 2.22. The van der Waals surface area contributed by atoms with E-state index in [0.717, 1.165) is 11.1 Å². The first-order valence-electron chi connectivity index (χ1n) is 10.9. The zero-order chi connectivity index (χ0) is 25.6. The molecule has 1 heterocycles. The van der Waals surface area contributed by atoms with Crippen LogP contribution >= 0.6 is 11.6 Å². The topological polar surface area (TPSA) is 70.4 Å². The Balaban J connectivity index is 1.91. The van der Waals surface area contributed by atoms with Crippen molar-refractivity contribution in [3.63, 3.8) is 0 Å². The second kappa shape index (κ2) is 11.3. The first-order chi connectivity index (χ1) is 16.6. The summed E-state index contributed by atoms with van der Waals surface area (Å²) in [7, 11) is 2.87. The zero-order valence-corrected chi connectivity index (χ0v) is 20.8. The number of hydrogen-bond donors (Lipinski definition) is 0. The lowest BCUT2D eigenvalue weighted by molar-refractivity contribution is 0.0600. The van der Waals surface area contributed by atoms with E-state index in [4.69, 9.17) is 21.1 Å². The number of aromatic nitrogens is 2. The molecule has 0 N–H and O–H groups in total. The van der Waals surface area contributed by atoms with Gasteiger partial charge in [-0.3, -0.25) is 4.79 Å². The van der Waals surface area contributed by atoms with Gasteiger partial charge in [0.2, 0.25) is 5.28 Å². The second-order valence-corrected chi connectivity index (χ2v) is 8.70. The SMILES string of the molecule is COC(=O)c1ccc(CCC(=O)c2c(C#CC(C)(C)OC)nc(Cl)n2Cc2ccc(F)cc2)cc1. The number of imidazole rings is 1. The molecular weight excluding hydrogens is 471 g/mol. The average Bonchev–Trinajstić information content (AvgIpc) is 3.17. The van der Waals surface area contributed by atoms with Crippen LogP contribution in [0, 0.1) is 17.7 Å². The van der Waals surface area contributed by atoms with Crippen LogP contribution in [0.1, 0.15) is 57.9 Å². The molecule has 6 nitrogen and oxygen atoms in total. The van der Waals surface area contributed by atoms with Gasteiger partial charge in [0.15, 0.2) is 5.78 Å². The molecule has 3 aromatic rings. The third-order valence-electron chi connectivity index (χ3n) is 5.45. The molecule has 0 amide bonds. The number of hydrogen-bond acceptors (Lipinski definition) is 5. The Morgan fingerprint density at radius 2 is 1.69 bits per heavy atom. The second-order valence-electron chi connectivity index (χ2n) is 8.37. The van der Waals surface area contributed by atoms with E-state index in [1.165, 1.54) is 19.2 Å². The highest BCUT2D eigenvalue weighted by Gasteiger charge is 2.22. The molecule has 35 heavy (non-hydrogen) atoms. The van der Waals surface area contributed by atoms with Crippen molar-refractivity contribution in [2.45, 2.75) is 38.8 Å². The van der Waals surface area contributed by atoms with Gasteiger partial charge in [0, 0.05) is 13.5 Å². The van der Waals surface area contributed by atoms with Gasteiger partial charge >= 0.3 is 5.97 Å². The van der Waals surface area contributed by atoms with E-state index in [-0.39, 0.29) is 41.2 Å². The van der Waals surface area contributed by atoms with Crippen molar-refractivity contribution in [3.05, 3.63) is 87.7 Å². The molecule has 0 unspecified atom stereocenters. The number of halogens is 2. The fourth-order valence-corrected chi connectivity index (χ4v) is 3.50. The quantitative estimate of drug-likeness (QED) is 0.246. The summed E-state index contributed by atoms with van der Waals surface area (Å²) < 4.78 is 25.0. The van der Waals surface area contributed by atoms with Gasteiger partial charge in [-0.25, -0.2) is 14.2 Å². The van der Waals surface area contributed by atoms with Gasteiger partial charge < -0.3 is 14.0 Å². The van der Waals surface area contributed by atoms with E-state index in [1.807, 2.05) is 0 Å². The van der Waals surface area contributed by atoms with Gasteiger partial charge in [0.1, 0.15) is 22.8 Å². The Bertz CT molecular complexity index is 1270. The lowest BCUT2D eigenvalue weighted by Crippen LogP contribution is -2.19. The van der Waals surface area contributed by atoms with Crippen LogP contribution in [0.25, 0.3) is 0 Å². The molecule has 1 aromatic heterocycles. The van der Waals surface area contributed by atoms with Gasteiger partial charge in [-0.05, 0) is 73.2 Å².